The van der Waals surface area contributed by atoms with Gasteiger partial charge in [0.05, 0.1) is 11.2 Å². The van der Waals surface area contributed by atoms with Crippen LogP contribution in [0.25, 0.3) is 0 Å². The van der Waals surface area contributed by atoms with E-state index in [1.807, 2.05) is 0 Å². The molecule has 3 nitrogen and oxygen atoms in total. The first-order valence-corrected chi connectivity index (χ1v) is 7.28. The highest BCUT2D eigenvalue weighted by molar-refractivity contribution is 6.33. The Morgan fingerprint density at radius 2 is 2.11 bits per heavy atom. The third-order valence-corrected chi connectivity index (χ3v) is 4.44. The number of ketones is 1. The van der Waals surface area contributed by atoms with Crippen LogP contribution in [-0.4, -0.2) is 15.6 Å². The highest BCUT2D eigenvalue weighted by atomic mass is 35.5. The predicted octanol–water partition coefficient (Wildman–Crippen LogP) is 4.10. The summed E-state index contributed by atoms with van der Waals surface area (Å²) in [6.45, 7) is 4.94. The van der Waals surface area contributed by atoms with Crippen LogP contribution in [-0.2, 0) is 6.54 Å². The van der Waals surface area contributed by atoms with Crippen LogP contribution >= 0.6 is 11.6 Å². The second-order valence-corrected chi connectivity index (χ2v) is 5.64. The summed E-state index contributed by atoms with van der Waals surface area (Å²) in [5.41, 5.74) is 0.442. The van der Waals surface area contributed by atoms with Gasteiger partial charge in [-0.05, 0) is 25.7 Å². The van der Waals surface area contributed by atoms with Crippen LogP contribution in [0, 0.1) is 5.41 Å². The van der Waals surface area contributed by atoms with Crippen LogP contribution in [0.1, 0.15) is 62.9 Å². The summed E-state index contributed by atoms with van der Waals surface area (Å²) < 4.78 is 1.78. The molecule has 0 N–H and O–H groups in total. The van der Waals surface area contributed by atoms with Crippen molar-refractivity contribution in [2.75, 3.05) is 0 Å². The van der Waals surface area contributed by atoms with Gasteiger partial charge >= 0.3 is 0 Å². The van der Waals surface area contributed by atoms with Crippen LogP contribution in [0.5, 0.6) is 0 Å². The molecule has 0 radical (unpaired) electrons. The molecule has 0 amide bonds. The Labute approximate surface area is 114 Å². The number of aryl methyl sites for hydroxylation is 1. The molecule has 100 valence electrons. The molecule has 1 aliphatic carbocycles. The maximum absolute atomic E-state index is 12.8. The number of nitrogens with zero attached hydrogens (tertiary/aromatic N) is 2. The van der Waals surface area contributed by atoms with Crippen molar-refractivity contribution in [1.82, 2.24) is 9.78 Å². The van der Waals surface area contributed by atoms with Gasteiger partial charge in [0.15, 0.2) is 5.78 Å². The van der Waals surface area contributed by atoms with Crippen molar-refractivity contribution in [3.63, 3.8) is 0 Å². The van der Waals surface area contributed by atoms with Gasteiger partial charge in [0.25, 0.3) is 0 Å². The summed E-state index contributed by atoms with van der Waals surface area (Å²) in [5, 5.41) is 4.73. The van der Waals surface area contributed by atoms with E-state index in [1.54, 1.807) is 10.9 Å². The molecule has 0 atom stereocenters. The van der Waals surface area contributed by atoms with E-state index in [0.717, 1.165) is 45.1 Å². The average molecular weight is 269 g/mol. The largest absolute Gasteiger partial charge is 0.292 e. The monoisotopic (exact) mass is 268 g/mol. The molecule has 0 aromatic carbocycles. The maximum atomic E-state index is 12.8. The van der Waals surface area contributed by atoms with Crippen LogP contribution < -0.4 is 0 Å². The Kier molecular flexibility index (Phi) is 4.10. The number of aromatic nitrogens is 2. The molecule has 1 aromatic heterocycles. The first kappa shape index (κ1) is 13.6. The Morgan fingerprint density at radius 3 is 2.67 bits per heavy atom. The smallest absolute Gasteiger partial charge is 0.188 e. The highest BCUT2D eigenvalue weighted by Crippen LogP contribution is 2.44. The fourth-order valence-electron chi connectivity index (χ4n) is 3.01. The van der Waals surface area contributed by atoms with E-state index in [-0.39, 0.29) is 11.2 Å². The molecule has 0 aliphatic heterocycles. The van der Waals surface area contributed by atoms with Gasteiger partial charge < -0.3 is 0 Å². The minimum absolute atomic E-state index is 0.185. The molecule has 0 spiro atoms. The van der Waals surface area contributed by atoms with Crippen molar-refractivity contribution in [2.45, 2.75) is 58.9 Å². The molecule has 0 saturated heterocycles. The van der Waals surface area contributed by atoms with Gasteiger partial charge in [0.1, 0.15) is 5.69 Å². The van der Waals surface area contributed by atoms with Gasteiger partial charge in [-0.25, -0.2) is 0 Å². The molecule has 1 aliphatic rings. The third-order valence-electron chi connectivity index (χ3n) is 4.16. The van der Waals surface area contributed by atoms with Gasteiger partial charge in [-0.3, -0.25) is 9.48 Å². The minimum atomic E-state index is -0.185. The molecule has 0 bridgehead atoms. The Bertz CT molecular complexity index is 433. The lowest BCUT2D eigenvalue weighted by Crippen LogP contribution is -2.29. The number of Topliss-reactive ketones (excluding diaryl/α,β-unsaturated/α-hetero) is 1. The lowest BCUT2D eigenvalue weighted by Gasteiger charge is -2.26. The molecule has 1 heterocycles. The standard InChI is InChI=1S/C14H21ClN2O/c1-3-9-17-12(11(15)10-16-17)13(18)14(4-2)7-5-6-8-14/h10H,3-9H2,1-2H3. The molecule has 4 heteroatoms. The normalized spacial score (nSPS) is 18.2. The van der Waals surface area contributed by atoms with Crippen molar-refractivity contribution in [2.24, 2.45) is 5.41 Å². The molecule has 1 fully saturated rings. The zero-order chi connectivity index (χ0) is 13.2. The number of halogens is 1. The van der Waals surface area contributed by atoms with Crippen LogP contribution in [0.3, 0.4) is 0 Å². The van der Waals surface area contributed by atoms with E-state index < -0.39 is 0 Å². The summed E-state index contributed by atoms with van der Waals surface area (Å²) in [4.78, 5) is 12.8. The number of hydrogen-bond donors (Lipinski definition) is 0. The third kappa shape index (κ3) is 2.20. The fraction of sp³-hybridized carbons (Fsp3) is 0.714. The van der Waals surface area contributed by atoms with Crippen molar-refractivity contribution in [1.29, 1.82) is 0 Å². The van der Waals surface area contributed by atoms with Gasteiger partial charge in [-0.1, -0.05) is 38.3 Å². The van der Waals surface area contributed by atoms with E-state index in [4.69, 9.17) is 11.6 Å². The topological polar surface area (TPSA) is 34.9 Å². The molecule has 2 rings (SSSR count). The van der Waals surface area contributed by atoms with Crippen molar-refractivity contribution >= 4 is 17.4 Å². The molecular weight excluding hydrogens is 248 g/mol. The van der Waals surface area contributed by atoms with Crippen molar-refractivity contribution in [3.8, 4) is 0 Å². The van der Waals surface area contributed by atoms with Crippen LogP contribution in [0.2, 0.25) is 5.02 Å². The summed E-state index contributed by atoms with van der Waals surface area (Å²) in [6.07, 6.45) is 7.75. The number of rotatable bonds is 5. The molecule has 18 heavy (non-hydrogen) atoms. The number of hydrogen-bond acceptors (Lipinski definition) is 2. The maximum Gasteiger partial charge on any atom is 0.188 e. The molecule has 1 aromatic rings. The molecular formula is C14H21ClN2O. The van der Waals surface area contributed by atoms with Gasteiger partial charge in [0.2, 0.25) is 0 Å². The Morgan fingerprint density at radius 1 is 1.44 bits per heavy atom. The van der Waals surface area contributed by atoms with Crippen LogP contribution in [0.4, 0.5) is 0 Å². The summed E-state index contributed by atoms with van der Waals surface area (Å²) in [6, 6.07) is 0. The zero-order valence-electron chi connectivity index (χ0n) is 11.2. The lowest BCUT2D eigenvalue weighted by atomic mass is 9.78. The van der Waals surface area contributed by atoms with E-state index in [0.29, 0.717) is 10.7 Å². The van der Waals surface area contributed by atoms with Gasteiger partial charge in [-0.15, -0.1) is 0 Å². The van der Waals surface area contributed by atoms with E-state index in [1.165, 1.54) is 0 Å². The molecule has 0 unspecified atom stereocenters. The second-order valence-electron chi connectivity index (χ2n) is 5.23. The van der Waals surface area contributed by atoms with E-state index >= 15 is 0 Å². The number of carbonyl (C=O) groups is 1. The quantitative estimate of drug-likeness (QED) is 0.754. The van der Waals surface area contributed by atoms with Crippen LogP contribution in [0.15, 0.2) is 6.20 Å². The van der Waals surface area contributed by atoms with Gasteiger partial charge in [-0.2, -0.15) is 5.10 Å². The summed E-state index contributed by atoms with van der Waals surface area (Å²) >= 11 is 6.17. The SMILES string of the molecule is CCCn1ncc(Cl)c1C(=O)C1(CC)CCCC1. The van der Waals surface area contributed by atoms with E-state index in [9.17, 15) is 4.79 Å². The predicted molar refractivity (Wildman–Crippen MR) is 73.1 cm³/mol. The minimum Gasteiger partial charge on any atom is -0.292 e. The Hall–Kier alpha value is -0.830. The zero-order valence-corrected chi connectivity index (χ0v) is 12.0. The molecule has 1 saturated carbocycles. The second kappa shape index (κ2) is 5.43. The fourth-order valence-corrected chi connectivity index (χ4v) is 3.24. The van der Waals surface area contributed by atoms with E-state index in [2.05, 4.69) is 18.9 Å². The number of carbonyl (C=O) groups excluding carboxylic acids is 1. The van der Waals surface area contributed by atoms with Gasteiger partial charge in [0, 0.05) is 12.0 Å². The van der Waals surface area contributed by atoms with Crippen molar-refractivity contribution in [3.05, 3.63) is 16.9 Å². The first-order valence-electron chi connectivity index (χ1n) is 6.90. The van der Waals surface area contributed by atoms with Crippen molar-refractivity contribution < 1.29 is 4.79 Å². The average Bonchev–Trinajstić information content (AvgIpc) is 2.97. The summed E-state index contributed by atoms with van der Waals surface area (Å²) in [7, 11) is 0. The summed E-state index contributed by atoms with van der Waals surface area (Å²) in [5.74, 6) is 0.207. The Balaban J connectivity index is 2.35. The lowest BCUT2D eigenvalue weighted by molar-refractivity contribution is 0.0779. The first-order chi connectivity index (χ1) is 8.64. The highest BCUT2D eigenvalue weighted by Gasteiger charge is 2.41.